The molecule has 27 heavy (non-hydrogen) atoms. The van der Waals surface area contributed by atoms with E-state index in [-0.39, 0.29) is 0 Å². The van der Waals surface area contributed by atoms with Crippen LogP contribution >= 0.6 is 11.8 Å². The molecule has 0 unspecified atom stereocenters. The first-order valence-electron chi connectivity index (χ1n) is 6.79. The van der Waals surface area contributed by atoms with Crippen molar-refractivity contribution in [1.29, 1.82) is 0 Å². The van der Waals surface area contributed by atoms with Crippen LogP contribution in [-0.2, 0) is 0 Å². The van der Waals surface area contributed by atoms with Gasteiger partial charge in [0.1, 0.15) is 22.9 Å². The Kier molecular flexibility index (Phi) is 5.98. The largest absolute Gasteiger partial charge is 0.446 e. The Balaban J connectivity index is 2.15. The molecule has 0 aromatic heterocycles. The summed E-state index contributed by atoms with van der Waals surface area (Å²) in [5.74, 6) is -7.21. The van der Waals surface area contributed by atoms with E-state index in [1.165, 1.54) is 5.32 Å². The minimum atomic E-state index is -4.79. The lowest BCUT2D eigenvalue weighted by Crippen LogP contribution is -2.35. The number of benzene rings is 2. The minimum Gasteiger partial charge on any atom is -0.302 e. The van der Waals surface area contributed by atoms with Crippen LogP contribution in [0.4, 0.5) is 41.2 Å². The Labute approximate surface area is 150 Å². The number of hydrogen-bond acceptors (Lipinski definition) is 3. The van der Waals surface area contributed by atoms with Gasteiger partial charge in [-0.2, -0.15) is 13.2 Å². The molecule has 0 saturated heterocycles. The molecule has 0 heterocycles. The highest BCUT2D eigenvalue weighted by Gasteiger charge is 2.30. The van der Waals surface area contributed by atoms with Crippen LogP contribution in [-0.4, -0.2) is 17.4 Å². The maximum Gasteiger partial charge on any atom is 0.446 e. The molecule has 0 saturated carbocycles. The van der Waals surface area contributed by atoms with E-state index < -0.39 is 68.6 Å². The van der Waals surface area contributed by atoms with Gasteiger partial charge in [0.2, 0.25) is 0 Å². The number of imide groups is 1. The van der Waals surface area contributed by atoms with Crippen LogP contribution in [0.3, 0.4) is 0 Å². The Morgan fingerprint density at radius 1 is 0.889 bits per heavy atom. The first-order chi connectivity index (χ1) is 12.5. The highest BCUT2D eigenvalue weighted by Crippen LogP contribution is 2.38. The predicted octanol–water partition coefficient (Wildman–Crippen LogP) is 4.82. The van der Waals surface area contributed by atoms with E-state index in [1.54, 1.807) is 5.32 Å². The first-order valence-corrected chi connectivity index (χ1v) is 7.60. The van der Waals surface area contributed by atoms with Crippen LogP contribution in [0.5, 0.6) is 0 Å². The third-order valence-corrected chi connectivity index (χ3v) is 3.61. The van der Waals surface area contributed by atoms with Gasteiger partial charge in [0.25, 0.3) is 5.91 Å². The summed E-state index contributed by atoms with van der Waals surface area (Å²) in [6.07, 6.45) is 0. The summed E-state index contributed by atoms with van der Waals surface area (Å²) in [5, 5.41) is 3.00. The zero-order valence-electron chi connectivity index (χ0n) is 12.8. The molecule has 0 radical (unpaired) electrons. The second kappa shape index (κ2) is 7.86. The van der Waals surface area contributed by atoms with Crippen molar-refractivity contribution < 1.29 is 40.3 Å². The minimum absolute atomic E-state index is 0.315. The van der Waals surface area contributed by atoms with Crippen LogP contribution in [0.15, 0.2) is 35.2 Å². The molecule has 0 aliphatic heterocycles. The molecular formula is C15H7F7N2O2S. The van der Waals surface area contributed by atoms with Gasteiger partial charge in [-0.05, 0) is 36.0 Å². The number of alkyl halides is 3. The summed E-state index contributed by atoms with van der Waals surface area (Å²) in [7, 11) is 0. The number of amides is 3. The summed E-state index contributed by atoms with van der Waals surface area (Å²) in [6, 6.07) is 1.52. The second-order valence-electron chi connectivity index (χ2n) is 4.81. The summed E-state index contributed by atoms with van der Waals surface area (Å²) in [6.45, 7) is 0. The fraction of sp³-hybridized carbons (Fsp3) is 0.0667. The van der Waals surface area contributed by atoms with Gasteiger partial charge >= 0.3 is 11.5 Å². The number of nitrogens with one attached hydrogen (secondary N) is 2. The Morgan fingerprint density at radius 3 is 1.89 bits per heavy atom. The van der Waals surface area contributed by atoms with Crippen molar-refractivity contribution in [1.82, 2.24) is 5.32 Å². The van der Waals surface area contributed by atoms with Crippen molar-refractivity contribution in [2.45, 2.75) is 10.4 Å². The van der Waals surface area contributed by atoms with E-state index in [0.29, 0.717) is 12.1 Å². The summed E-state index contributed by atoms with van der Waals surface area (Å²) in [5.41, 5.74) is -7.05. The van der Waals surface area contributed by atoms with Crippen molar-refractivity contribution in [3.8, 4) is 0 Å². The lowest BCUT2D eigenvalue weighted by molar-refractivity contribution is -0.0328. The first kappa shape index (κ1) is 20.6. The van der Waals surface area contributed by atoms with Crippen molar-refractivity contribution in [3.63, 3.8) is 0 Å². The number of rotatable bonds is 3. The molecule has 2 rings (SSSR count). The van der Waals surface area contributed by atoms with E-state index in [2.05, 4.69) is 0 Å². The fourth-order valence-corrected chi connectivity index (χ4v) is 2.48. The number of carbonyl (C=O) groups is 2. The molecule has 0 aliphatic rings. The van der Waals surface area contributed by atoms with E-state index in [0.717, 1.165) is 18.2 Å². The monoisotopic (exact) mass is 412 g/mol. The molecule has 0 bridgehead atoms. The predicted molar refractivity (Wildman–Crippen MR) is 81.1 cm³/mol. The van der Waals surface area contributed by atoms with Crippen LogP contribution < -0.4 is 10.6 Å². The number of hydrogen-bond donors (Lipinski definition) is 2. The smallest absolute Gasteiger partial charge is 0.302 e. The Bertz CT molecular complexity index is 859. The molecule has 2 aromatic rings. The quantitative estimate of drug-likeness (QED) is 0.562. The van der Waals surface area contributed by atoms with Gasteiger partial charge in [-0.25, -0.2) is 22.4 Å². The van der Waals surface area contributed by atoms with E-state index in [9.17, 15) is 40.3 Å². The van der Waals surface area contributed by atoms with Crippen LogP contribution in [0.1, 0.15) is 10.4 Å². The van der Waals surface area contributed by atoms with Crippen molar-refractivity contribution in [2.24, 2.45) is 0 Å². The lowest BCUT2D eigenvalue weighted by Gasteiger charge is -2.11. The molecule has 144 valence electrons. The fourth-order valence-electron chi connectivity index (χ4n) is 1.89. The molecule has 3 amide bonds. The average Bonchev–Trinajstić information content (AvgIpc) is 2.49. The number of carbonyl (C=O) groups excluding carboxylic acids is 2. The van der Waals surface area contributed by atoms with Gasteiger partial charge in [0, 0.05) is 4.90 Å². The van der Waals surface area contributed by atoms with Crippen molar-refractivity contribution in [3.05, 3.63) is 59.2 Å². The molecule has 2 aromatic carbocycles. The van der Waals surface area contributed by atoms with Crippen LogP contribution in [0.2, 0.25) is 0 Å². The number of anilines is 1. The summed E-state index contributed by atoms with van der Waals surface area (Å²) >= 11 is -0.778. The summed E-state index contributed by atoms with van der Waals surface area (Å²) < 4.78 is 91.1. The average molecular weight is 412 g/mol. The third-order valence-electron chi connectivity index (χ3n) is 2.90. The molecule has 0 atom stereocenters. The standard InChI is InChI=1S/C15H7F7N2O2S/c16-7-2-1-3-8(17)11(7)13(25)24-14(26)23-12-9(18)4-6(5-10(12)19)27-15(20,21)22/h1-5H,(H2,23,24,25,26). The highest BCUT2D eigenvalue weighted by molar-refractivity contribution is 8.00. The van der Waals surface area contributed by atoms with E-state index in [1.807, 2.05) is 0 Å². The maximum absolute atomic E-state index is 13.8. The van der Waals surface area contributed by atoms with Crippen molar-refractivity contribution in [2.75, 3.05) is 5.32 Å². The van der Waals surface area contributed by atoms with Crippen LogP contribution in [0, 0.1) is 23.3 Å². The molecule has 0 fully saturated rings. The maximum atomic E-state index is 13.8. The SMILES string of the molecule is O=C(NC(=O)c1c(F)cccc1F)Nc1c(F)cc(SC(F)(F)F)cc1F. The normalized spacial score (nSPS) is 11.2. The molecular weight excluding hydrogens is 405 g/mol. The molecule has 12 heteroatoms. The Hall–Kier alpha value is -2.76. The van der Waals surface area contributed by atoms with Gasteiger partial charge in [0.05, 0.1) is 0 Å². The van der Waals surface area contributed by atoms with Gasteiger partial charge in [0.15, 0.2) is 11.6 Å². The van der Waals surface area contributed by atoms with Crippen molar-refractivity contribution >= 4 is 29.4 Å². The lowest BCUT2D eigenvalue weighted by atomic mass is 10.2. The molecule has 2 N–H and O–H groups in total. The van der Waals surface area contributed by atoms with E-state index >= 15 is 0 Å². The number of thioether (sulfide) groups is 1. The van der Waals surface area contributed by atoms with Crippen LogP contribution in [0.25, 0.3) is 0 Å². The van der Waals surface area contributed by atoms with Gasteiger partial charge < -0.3 is 5.32 Å². The third kappa shape index (κ3) is 5.36. The zero-order valence-corrected chi connectivity index (χ0v) is 13.6. The topological polar surface area (TPSA) is 58.2 Å². The van der Waals surface area contributed by atoms with E-state index in [4.69, 9.17) is 0 Å². The zero-order chi connectivity index (χ0) is 20.4. The molecule has 0 aliphatic carbocycles. The highest BCUT2D eigenvalue weighted by atomic mass is 32.2. The second-order valence-corrected chi connectivity index (χ2v) is 5.95. The van der Waals surface area contributed by atoms with Gasteiger partial charge in [-0.15, -0.1) is 0 Å². The number of halogens is 7. The van der Waals surface area contributed by atoms with Gasteiger partial charge in [-0.3, -0.25) is 10.1 Å². The Morgan fingerprint density at radius 2 is 1.41 bits per heavy atom. The molecule has 0 spiro atoms. The van der Waals surface area contributed by atoms with Gasteiger partial charge in [-0.1, -0.05) is 6.07 Å². The number of urea groups is 1. The summed E-state index contributed by atoms with van der Waals surface area (Å²) in [4.78, 5) is 22.5. The molecule has 4 nitrogen and oxygen atoms in total.